The van der Waals surface area contributed by atoms with Gasteiger partial charge < -0.3 is 10.6 Å². The Bertz CT molecular complexity index is 437. The highest BCUT2D eigenvalue weighted by Crippen LogP contribution is 2.09. The molecule has 2 unspecified atom stereocenters. The van der Waals surface area contributed by atoms with E-state index in [9.17, 15) is 9.00 Å². The van der Waals surface area contributed by atoms with Gasteiger partial charge in [-0.2, -0.15) is 0 Å². The second kappa shape index (κ2) is 7.10. The smallest absolute Gasteiger partial charge is 0.269 e. The third kappa shape index (κ3) is 4.44. The van der Waals surface area contributed by atoms with Gasteiger partial charge in [-0.3, -0.25) is 14.0 Å². The summed E-state index contributed by atoms with van der Waals surface area (Å²) in [5, 5.41) is 5.89. The number of carbonyl (C=O) groups excluding carboxylic acids is 1. The molecule has 0 aromatic carbocycles. The molecule has 0 aliphatic heterocycles. The van der Waals surface area contributed by atoms with Crippen LogP contribution in [0.15, 0.2) is 18.3 Å². The maximum atomic E-state index is 11.4. The fourth-order valence-electron chi connectivity index (χ4n) is 1.38. The summed E-state index contributed by atoms with van der Waals surface area (Å²) in [4.78, 5) is 15.4. The summed E-state index contributed by atoms with van der Waals surface area (Å²) in [6.45, 7) is 2.68. The number of nitrogens with one attached hydrogen (secondary N) is 2. The molecule has 0 saturated carbocycles. The lowest BCUT2D eigenvalue weighted by molar-refractivity contribution is 0.0958. The Morgan fingerprint density at radius 1 is 1.56 bits per heavy atom. The molecule has 0 bridgehead atoms. The SMILES string of the molecule is CNC(=O)c1cc(NCCC(C)S(C)=O)ccn1. The monoisotopic (exact) mass is 269 g/mol. The second-order valence-corrected chi connectivity index (χ2v) is 5.84. The van der Waals surface area contributed by atoms with E-state index >= 15 is 0 Å². The lowest BCUT2D eigenvalue weighted by Gasteiger charge is -2.10. The van der Waals surface area contributed by atoms with E-state index in [1.54, 1.807) is 31.6 Å². The number of anilines is 1. The number of hydrogen-bond donors (Lipinski definition) is 2. The first kappa shape index (κ1) is 14.6. The number of aromatic nitrogens is 1. The van der Waals surface area contributed by atoms with Gasteiger partial charge in [-0.15, -0.1) is 0 Å². The molecule has 100 valence electrons. The van der Waals surface area contributed by atoms with Crippen LogP contribution in [0.4, 0.5) is 5.69 Å². The normalized spacial score (nSPS) is 13.7. The van der Waals surface area contributed by atoms with Gasteiger partial charge in [-0.25, -0.2) is 0 Å². The molecule has 1 amide bonds. The van der Waals surface area contributed by atoms with Crippen molar-refractivity contribution < 1.29 is 9.00 Å². The highest BCUT2D eigenvalue weighted by atomic mass is 32.2. The van der Waals surface area contributed by atoms with Crippen molar-refractivity contribution >= 4 is 22.4 Å². The van der Waals surface area contributed by atoms with E-state index in [1.165, 1.54) is 0 Å². The van der Waals surface area contributed by atoms with E-state index in [0.717, 1.165) is 18.7 Å². The van der Waals surface area contributed by atoms with Gasteiger partial charge >= 0.3 is 0 Å². The summed E-state index contributed by atoms with van der Waals surface area (Å²) in [7, 11) is 0.774. The number of pyridine rings is 1. The van der Waals surface area contributed by atoms with Crippen LogP contribution in [0.3, 0.4) is 0 Å². The molecule has 2 N–H and O–H groups in total. The number of nitrogens with zero attached hydrogens (tertiary/aromatic N) is 1. The molecule has 0 radical (unpaired) electrons. The Morgan fingerprint density at radius 3 is 2.89 bits per heavy atom. The second-order valence-electron chi connectivity index (χ2n) is 4.03. The molecule has 5 nitrogen and oxygen atoms in total. The predicted octanol–water partition coefficient (Wildman–Crippen LogP) is 1.01. The lowest BCUT2D eigenvalue weighted by atomic mass is 10.3. The minimum atomic E-state index is -0.798. The maximum Gasteiger partial charge on any atom is 0.269 e. The minimum Gasteiger partial charge on any atom is -0.385 e. The van der Waals surface area contributed by atoms with Crippen LogP contribution in [0.25, 0.3) is 0 Å². The van der Waals surface area contributed by atoms with Crippen LogP contribution in [-0.4, -0.2) is 40.2 Å². The Hall–Kier alpha value is -1.43. The molecule has 0 saturated heterocycles. The zero-order chi connectivity index (χ0) is 13.5. The van der Waals surface area contributed by atoms with Gasteiger partial charge in [0.15, 0.2) is 0 Å². The van der Waals surface area contributed by atoms with Crippen LogP contribution in [0.1, 0.15) is 23.8 Å². The van der Waals surface area contributed by atoms with Gasteiger partial charge in [0, 0.05) is 47.8 Å². The van der Waals surface area contributed by atoms with Crippen LogP contribution >= 0.6 is 0 Å². The standard InChI is InChI=1S/C12H19N3O2S/c1-9(18(3)17)4-6-14-10-5-7-15-11(8-10)12(16)13-2/h5,7-9H,4,6H2,1-3H3,(H,13,16)(H,14,15). The molecular formula is C12H19N3O2S. The van der Waals surface area contributed by atoms with Crippen molar-refractivity contribution in [3.05, 3.63) is 24.0 Å². The van der Waals surface area contributed by atoms with Crippen molar-refractivity contribution in [1.29, 1.82) is 0 Å². The van der Waals surface area contributed by atoms with Crippen LogP contribution in [0, 0.1) is 0 Å². The van der Waals surface area contributed by atoms with Gasteiger partial charge in [0.25, 0.3) is 5.91 Å². The van der Waals surface area contributed by atoms with Gasteiger partial charge in [0.2, 0.25) is 0 Å². The van der Waals surface area contributed by atoms with Gasteiger partial charge in [0.1, 0.15) is 5.69 Å². The molecule has 2 atom stereocenters. The Kier molecular flexibility index (Phi) is 5.77. The maximum absolute atomic E-state index is 11.4. The van der Waals surface area contributed by atoms with Crippen LogP contribution in [-0.2, 0) is 10.8 Å². The van der Waals surface area contributed by atoms with Crippen molar-refractivity contribution in [3.8, 4) is 0 Å². The fourth-order valence-corrected chi connectivity index (χ4v) is 1.83. The third-order valence-electron chi connectivity index (χ3n) is 2.67. The molecule has 0 fully saturated rings. The molecule has 1 aromatic rings. The zero-order valence-corrected chi connectivity index (χ0v) is 11.7. The average molecular weight is 269 g/mol. The third-order valence-corrected chi connectivity index (χ3v) is 4.04. The Morgan fingerprint density at radius 2 is 2.28 bits per heavy atom. The van der Waals surface area contributed by atoms with Crippen LogP contribution < -0.4 is 10.6 Å². The first-order valence-corrected chi connectivity index (χ1v) is 7.41. The lowest BCUT2D eigenvalue weighted by Crippen LogP contribution is -2.19. The fraction of sp³-hybridized carbons (Fsp3) is 0.500. The number of carbonyl (C=O) groups is 1. The van der Waals surface area contributed by atoms with E-state index in [1.807, 2.05) is 6.92 Å². The molecule has 1 rings (SSSR count). The molecule has 18 heavy (non-hydrogen) atoms. The summed E-state index contributed by atoms with van der Waals surface area (Å²) in [5.74, 6) is -0.207. The number of hydrogen-bond acceptors (Lipinski definition) is 4. The van der Waals surface area contributed by atoms with Crippen molar-refractivity contribution in [2.45, 2.75) is 18.6 Å². The first-order chi connectivity index (χ1) is 8.54. The van der Waals surface area contributed by atoms with E-state index in [4.69, 9.17) is 0 Å². The molecule has 0 aliphatic rings. The Balaban J connectivity index is 2.53. The topological polar surface area (TPSA) is 71.1 Å². The highest BCUT2D eigenvalue weighted by molar-refractivity contribution is 7.84. The van der Waals surface area contributed by atoms with Crippen molar-refractivity contribution in [2.24, 2.45) is 0 Å². The highest BCUT2D eigenvalue weighted by Gasteiger charge is 2.07. The van der Waals surface area contributed by atoms with Crippen LogP contribution in [0.2, 0.25) is 0 Å². The summed E-state index contributed by atoms with van der Waals surface area (Å²) < 4.78 is 11.2. The summed E-state index contributed by atoms with van der Waals surface area (Å²) in [6, 6.07) is 3.51. The first-order valence-electron chi connectivity index (χ1n) is 5.79. The van der Waals surface area contributed by atoms with Gasteiger partial charge in [-0.1, -0.05) is 6.92 Å². The molecule has 6 heteroatoms. The van der Waals surface area contributed by atoms with E-state index < -0.39 is 10.8 Å². The summed E-state index contributed by atoms with van der Waals surface area (Å²) in [5.41, 5.74) is 1.23. The quantitative estimate of drug-likeness (QED) is 0.808. The largest absolute Gasteiger partial charge is 0.385 e. The van der Waals surface area contributed by atoms with Crippen LogP contribution in [0.5, 0.6) is 0 Å². The summed E-state index contributed by atoms with van der Waals surface area (Å²) >= 11 is 0. The Labute approximate surface area is 110 Å². The minimum absolute atomic E-state index is 0.165. The zero-order valence-electron chi connectivity index (χ0n) is 10.9. The number of rotatable bonds is 6. The van der Waals surface area contributed by atoms with E-state index in [2.05, 4.69) is 15.6 Å². The van der Waals surface area contributed by atoms with Gasteiger partial charge in [0.05, 0.1) is 0 Å². The molecule has 0 aliphatic carbocycles. The molecular weight excluding hydrogens is 250 g/mol. The summed E-state index contributed by atoms with van der Waals surface area (Å²) in [6.07, 6.45) is 4.12. The average Bonchev–Trinajstić information content (AvgIpc) is 2.37. The van der Waals surface area contributed by atoms with E-state index in [0.29, 0.717) is 5.69 Å². The van der Waals surface area contributed by atoms with Crippen molar-refractivity contribution in [1.82, 2.24) is 10.3 Å². The molecule has 0 spiro atoms. The van der Waals surface area contributed by atoms with Crippen molar-refractivity contribution in [3.63, 3.8) is 0 Å². The predicted molar refractivity (Wildman–Crippen MR) is 74.3 cm³/mol. The van der Waals surface area contributed by atoms with Gasteiger partial charge in [-0.05, 0) is 18.6 Å². The number of amides is 1. The van der Waals surface area contributed by atoms with Crippen molar-refractivity contribution in [2.75, 3.05) is 25.2 Å². The molecule has 1 heterocycles. The molecule has 1 aromatic heterocycles. The van der Waals surface area contributed by atoms with E-state index in [-0.39, 0.29) is 11.2 Å².